The highest BCUT2D eigenvalue weighted by Gasteiger charge is 2.04. The van der Waals surface area contributed by atoms with Gasteiger partial charge in [0.25, 0.3) is 0 Å². The topological polar surface area (TPSA) is 21.3 Å². The molecule has 0 bridgehead atoms. The highest BCUT2D eigenvalue weighted by molar-refractivity contribution is 7.98. The van der Waals surface area contributed by atoms with E-state index < -0.39 is 0 Å². The molecule has 0 amide bonds. The molecular weight excluding hydrogens is 242 g/mol. The second kappa shape index (κ2) is 8.91. The van der Waals surface area contributed by atoms with Crippen molar-refractivity contribution in [3.05, 3.63) is 29.8 Å². The van der Waals surface area contributed by atoms with Gasteiger partial charge in [0.2, 0.25) is 0 Å². The number of benzene rings is 1. The molecule has 18 heavy (non-hydrogen) atoms. The van der Waals surface area contributed by atoms with E-state index in [0.29, 0.717) is 12.5 Å². The highest BCUT2D eigenvalue weighted by atomic mass is 32.2. The van der Waals surface area contributed by atoms with Gasteiger partial charge in [0.05, 0.1) is 0 Å². The Hall–Kier alpha value is -1.11. The van der Waals surface area contributed by atoms with Crippen molar-refractivity contribution >= 4 is 11.8 Å². The number of ether oxygens (including phenoxy) is 1. The molecule has 0 heterocycles. The van der Waals surface area contributed by atoms with E-state index in [1.807, 2.05) is 30.0 Å². The number of rotatable bonds is 8. The van der Waals surface area contributed by atoms with E-state index in [1.54, 1.807) is 0 Å². The van der Waals surface area contributed by atoms with Gasteiger partial charge in [0, 0.05) is 12.1 Å². The Kier molecular flexibility index (Phi) is 7.40. The molecule has 1 rings (SSSR count). The lowest BCUT2D eigenvalue weighted by Gasteiger charge is -2.13. The summed E-state index contributed by atoms with van der Waals surface area (Å²) >= 11 is 1.88. The van der Waals surface area contributed by atoms with Gasteiger partial charge in [-0.3, -0.25) is 0 Å². The Morgan fingerprint density at radius 2 is 2.22 bits per heavy atom. The zero-order valence-corrected chi connectivity index (χ0v) is 11.9. The van der Waals surface area contributed by atoms with Crippen LogP contribution < -0.4 is 10.1 Å². The van der Waals surface area contributed by atoms with Crippen LogP contribution in [0.1, 0.15) is 12.5 Å². The van der Waals surface area contributed by atoms with E-state index in [1.165, 1.54) is 5.75 Å². The van der Waals surface area contributed by atoms with Gasteiger partial charge in [-0.2, -0.15) is 11.8 Å². The molecule has 98 valence electrons. The van der Waals surface area contributed by atoms with Crippen LogP contribution in [-0.2, 0) is 6.54 Å². The number of hydrogen-bond donors (Lipinski definition) is 1. The summed E-state index contributed by atoms with van der Waals surface area (Å²) in [5.41, 5.74) is 1.16. The third-order valence-electron chi connectivity index (χ3n) is 2.54. The summed E-state index contributed by atoms with van der Waals surface area (Å²) in [5.74, 6) is 5.23. The minimum Gasteiger partial charge on any atom is -0.481 e. The van der Waals surface area contributed by atoms with Crippen LogP contribution in [0.2, 0.25) is 0 Å². The first-order valence-corrected chi connectivity index (χ1v) is 7.51. The number of terminal acetylenes is 1. The van der Waals surface area contributed by atoms with E-state index in [4.69, 9.17) is 11.2 Å². The van der Waals surface area contributed by atoms with Crippen molar-refractivity contribution in [2.75, 3.05) is 25.2 Å². The molecule has 1 atom stereocenters. The van der Waals surface area contributed by atoms with Crippen LogP contribution in [0.15, 0.2) is 24.3 Å². The Bertz CT molecular complexity index is 386. The Morgan fingerprint density at radius 1 is 1.44 bits per heavy atom. The third kappa shape index (κ3) is 5.48. The van der Waals surface area contributed by atoms with E-state index >= 15 is 0 Å². The molecule has 0 aliphatic rings. The molecule has 0 aliphatic heterocycles. The minimum absolute atomic E-state index is 0.319. The third-order valence-corrected chi connectivity index (χ3v) is 3.45. The Morgan fingerprint density at radius 3 is 2.94 bits per heavy atom. The fourth-order valence-corrected chi connectivity index (χ4v) is 2.39. The van der Waals surface area contributed by atoms with Crippen LogP contribution in [0.5, 0.6) is 5.75 Å². The van der Waals surface area contributed by atoms with E-state index in [-0.39, 0.29) is 0 Å². The average Bonchev–Trinajstić information content (AvgIpc) is 2.38. The number of para-hydroxylation sites is 1. The molecule has 1 aromatic carbocycles. The standard InChI is InChI=1S/C15H21NOS/c1-4-9-17-15-8-6-5-7-14(15)11-16-10-13(2)12-18-3/h1,5-8,13,16H,9-12H2,2-3H3. The lowest BCUT2D eigenvalue weighted by molar-refractivity contribution is 0.364. The Labute approximate surface area is 115 Å². The number of thioether (sulfide) groups is 1. The van der Waals surface area contributed by atoms with Crippen molar-refractivity contribution in [3.63, 3.8) is 0 Å². The smallest absolute Gasteiger partial charge is 0.148 e. The molecule has 1 N–H and O–H groups in total. The highest BCUT2D eigenvalue weighted by Crippen LogP contribution is 2.17. The summed E-state index contributed by atoms with van der Waals surface area (Å²) in [4.78, 5) is 0. The first kappa shape index (κ1) is 14.9. The first-order chi connectivity index (χ1) is 8.77. The molecule has 1 aromatic rings. The lowest BCUT2D eigenvalue weighted by atomic mass is 10.2. The van der Waals surface area contributed by atoms with Crippen molar-refractivity contribution in [1.82, 2.24) is 5.32 Å². The predicted octanol–water partition coefficient (Wildman–Crippen LogP) is 2.79. The molecule has 0 saturated carbocycles. The second-order valence-electron chi connectivity index (χ2n) is 4.29. The van der Waals surface area contributed by atoms with Crippen LogP contribution in [0.4, 0.5) is 0 Å². The summed E-state index contributed by atoms with van der Waals surface area (Å²) in [6.45, 7) is 4.41. The summed E-state index contributed by atoms with van der Waals surface area (Å²) in [7, 11) is 0. The van der Waals surface area contributed by atoms with Crippen molar-refractivity contribution in [1.29, 1.82) is 0 Å². The maximum atomic E-state index is 5.51. The van der Waals surface area contributed by atoms with Gasteiger partial charge in [0.15, 0.2) is 0 Å². The lowest BCUT2D eigenvalue weighted by Crippen LogP contribution is -2.22. The molecule has 0 radical (unpaired) electrons. The molecular formula is C15H21NOS. The second-order valence-corrected chi connectivity index (χ2v) is 5.20. The van der Waals surface area contributed by atoms with Gasteiger partial charge in [-0.15, -0.1) is 6.42 Å². The van der Waals surface area contributed by atoms with Crippen LogP contribution >= 0.6 is 11.8 Å². The van der Waals surface area contributed by atoms with Crippen molar-refractivity contribution in [2.45, 2.75) is 13.5 Å². The van der Waals surface area contributed by atoms with Gasteiger partial charge in [0.1, 0.15) is 12.4 Å². The maximum Gasteiger partial charge on any atom is 0.148 e. The van der Waals surface area contributed by atoms with E-state index in [2.05, 4.69) is 30.5 Å². The van der Waals surface area contributed by atoms with E-state index in [0.717, 1.165) is 24.4 Å². The summed E-state index contributed by atoms with van der Waals surface area (Å²) in [5, 5.41) is 3.46. The average molecular weight is 263 g/mol. The zero-order chi connectivity index (χ0) is 13.2. The van der Waals surface area contributed by atoms with Gasteiger partial charge in [-0.1, -0.05) is 31.0 Å². The zero-order valence-electron chi connectivity index (χ0n) is 11.1. The molecule has 0 fully saturated rings. The van der Waals surface area contributed by atoms with Crippen molar-refractivity contribution in [2.24, 2.45) is 5.92 Å². The molecule has 0 spiro atoms. The van der Waals surface area contributed by atoms with Crippen LogP contribution in [0.3, 0.4) is 0 Å². The van der Waals surface area contributed by atoms with Crippen molar-refractivity contribution < 1.29 is 4.74 Å². The predicted molar refractivity (Wildman–Crippen MR) is 80.0 cm³/mol. The van der Waals surface area contributed by atoms with Gasteiger partial charge >= 0.3 is 0 Å². The summed E-state index contributed by atoms with van der Waals surface area (Å²) in [6.07, 6.45) is 7.35. The summed E-state index contributed by atoms with van der Waals surface area (Å²) in [6, 6.07) is 8.01. The van der Waals surface area contributed by atoms with Crippen LogP contribution in [0.25, 0.3) is 0 Å². The first-order valence-electron chi connectivity index (χ1n) is 6.11. The van der Waals surface area contributed by atoms with Gasteiger partial charge in [-0.05, 0) is 30.5 Å². The molecule has 3 heteroatoms. The molecule has 1 unspecified atom stereocenters. The largest absolute Gasteiger partial charge is 0.481 e. The fourth-order valence-electron chi connectivity index (χ4n) is 1.71. The maximum absolute atomic E-state index is 5.51. The normalized spacial score (nSPS) is 11.8. The number of hydrogen-bond acceptors (Lipinski definition) is 3. The van der Waals surface area contributed by atoms with Gasteiger partial charge < -0.3 is 10.1 Å². The van der Waals surface area contributed by atoms with Crippen molar-refractivity contribution in [3.8, 4) is 18.1 Å². The Balaban J connectivity index is 2.43. The van der Waals surface area contributed by atoms with Crippen LogP contribution in [-0.4, -0.2) is 25.2 Å². The molecule has 0 aliphatic carbocycles. The van der Waals surface area contributed by atoms with Gasteiger partial charge in [-0.25, -0.2) is 0 Å². The molecule has 0 aromatic heterocycles. The fraction of sp³-hybridized carbons (Fsp3) is 0.467. The van der Waals surface area contributed by atoms with Crippen LogP contribution in [0, 0.1) is 18.3 Å². The monoisotopic (exact) mass is 263 g/mol. The molecule has 0 saturated heterocycles. The molecule has 2 nitrogen and oxygen atoms in total. The summed E-state index contributed by atoms with van der Waals surface area (Å²) < 4.78 is 5.51. The SMILES string of the molecule is C#CCOc1ccccc1CNCC(C)CSC. The number of nitrogens with one attached hydrogen (secondary N) is 1. The quantitative estimate of drug-likeness (QED) is 0.729. The van der Waals surface area contributed by atoms with E-state index in [9.17, 15) is 0 Å². The minimum atomic E-state index is 0.319.